The van der Waals surface area contributed by atoms with E-state index in [1.54, 1.807) is 14.0 Å². The van der Waals surface area contributed by atoms with Crippen LogP contribution in [0.1, 0.15) is 73.1 Å². The Morgan fingerprint density at radius 2 is 1.87 bits per heavy atom. The predicted octanol–water partition coefficient (Wildman–Crippen LogP) is 2.77. The second kappa shape index (κ2) is 6.74. The summed E-state index contributed by atoms with van der Waals surface area (Å²) in [5, 5.41) is 10.8. The lowest BCUT2D eigenvalue weighted by atomic mass is 9.42. The highest BCUT2D eigenvalue weighted by Gasteiger charge is 2.77. The Labute approximate surface area is 178 Å². The lowest BCUT2D eigenvalue weighted by molar-refractivity contribution is -0.293. The summed E-state index contributed by atoms with van der Waals surface area (Å²) in [5.74, 6) is -0.688. The first kappa shape index (κ1) is 22.2. The minimum absolute atomic E-state index is 0.0828. The zero-order valence-electron chi connectivity index (χ0n) is 19.1. The molecule has 2 heterocycles. The zero-order chi connectivity index (χ0) is 22.2. The largest absolute Gasteiger partial charge is 0.448 e. The molecule has 4 fully saturated rings. The number of aliphatic hydroxyl groups excluding tert-OH is 1. The van der Waals surface area contributed by atoms with Crippen molar-refractivity contribution >= 4 is 11.8 Å². The summed E-state index contributed by atoms with van der Waals surface area (Å²) in [7, 11) is 1.61. The third-order valence-electron chi connectivity index (χ3n) is 9.08. The molecule has 0 aromatic heterocycles. The number of aliphatic hydroxyl groups is 1. The molecule has 2 aliphatic heterocycles. The topological polar surface area (TPSA) is 91.3 Å². The van der Waals surface area contributed by atoms with Crippen LogP contribution in [0.3, 0.4) is 0 Å². The van der Waals surface area contributed by atoms with E-state index < -0.39 is 39.7 Å². The van der Waals surface area contributed by atoms with Crippen molar-refractivity contribution in [1.82, 2.24) is 0 Å². The van der Waals surface area contributed by atoms with E-state index in [2.05, 4.69) is 6.92 Å². The van der Waals surface area contributed by atoms with E-state index in [0.29, 0.717) is 38.7 Å². The number of carbonyl (C=O) groups is 2. The Bertz CT molecular complexity index is 750. The molecular weight excluding hydrogens is 388 g/mol. The maximum absolute atomic E-state index is 13.6. The second-order valence-corrected chi connectivity index (χ2v) is 10.9. The number of ketones is 1. The first-order valence-corrected chi connectivity index (χ1v) is 11.1. The summed E-state index contributed by atoms with van der Waals surface area (Å²) in [5.41, 5.74) is -3.81. The van der Waals surface area contributed by atoms with Gasteiger partial charge >= 0.3 is 5.97 Å². The van der Waals surface area contributed by atoms with E-state index in [1.807, 2.05) is 13.8 Å². The molecule has 2 spiro atoms. The van der Waals surface area contributed by atoms with Crippen molar-refractivity contribution in [3.05, 3.63) is 0 Å². The number of hydrogen-bond acceptors (Lipinski definition) is 7. The Kier molecular flexibility index (Phi) is 4.98. The number of fused-ring (bicyclic) bond motifs is 2. The van der Waals surface area contributed by atoms with Crippen LogP contribution in [0.25, 0.3) is 0 Å². The van der Waals surface area contributed by atoms with Crippen LogP contribution in [-0.4, -0.2) is 59.8 Å². The van der Waals surface area contributed by atoms with Gasteiger partial charge < -0.3 is 24.1 Å². The summed E-state index contributed by atoms with van der Waals surface area (Å²) in [4.78, 5) is 25.8. The molecule has 30 heavy (non-hydrogen) atoms. The number of Topliss-reactive ketones (excluding diaryl/α,β-unsaturated/α-hetero) is 1. The summed E-state index contributed by atoms with van der Waals surface area (Å²) in [6.07, 6.45) is 2.66. The van der Waals surface area contributed by atoms with Crippen LogP contribution in [0, 0.1) is 16.7 Å². The molecule has 0 amide bonds. The van der Waals surface area contributed by atoms with Crippen LogP contribution < -0.4 is 0 Å². The standard InChI is InChI=1S/C23H36O7/c1-14(24)29-21(5)17(26)11-15-19(2,3)16(25)7-8-20(15,4)23(21)10-9-22(30-23)12-18(27-6)28-13-22/h15-16,18,25H,7-13H2,1-6H3/t15-,16+,18+,20-,21-,22+,23-/m0/s1. The number of ether oxygens (including phenoxy) is 4. The van der Waals surface area contributed by atoms with Crippen molar-refractivity contribution in [2.45, 2.75) is 102 Å². The quantitative estimate of drug-likeness (QED) is 0.682. The highest BCUT2D eigenvalue weighted by Crippen LogP contribution is 2.69. The fraction of sp³-hybridized carbons (Fsp3) is 0.913. The second-order valence-electron chi connectivity index (χ2n) is 10.9. The summed E-state index contributed by atoms with van der Waals surface area (Å²) >= 11 is 0. The first-order valence-electron chi connectivity index (χ1n) is 11.1. The van der Waals surface area contributed by atoms with E-state index in [4.69, 9.17) is 18.9 Å². The number of hydrogen-bond donors (Lipinski definition) is 1. The van der Waals surface area contributed by atoms with Gasteiger partial charge in [-0.3, -0.25) is 9.59 Å². The van der Waals surface area contributed by atoms with Crippen molar-refractivity contribution in [2.75, 3.05) is 13.7 Å². The predicted molar refractivity (Wildman–Crippen MR) is 108 cm³/mol. The minimum atomic E-state index is -1.38. The lowest BCUT2D eigenvalue weighted by Crippen LogP contribution is -2.75. The van der Waals surface area contributed by atoms with Crippen molar-refractivity contribution < 1.29 is 33.6 Å². The van der Waals surface area contributed by atoms with E-state index in [9.17, 15) is 14.7 Å². The van der Waals surface area contributed by atoms with Gasteiger partial charge in [0, 0.05) is 32.3 Å². The van der Waals surface area contributed by atoms with Crippen LogP contribution in [-0.2, 0) is 28.5 Å². The molecule has 0 aromatic rings. The van der Waals surface area contributed by atoms with Crippen molar-refractivity contribution in [3.63, 3.8) is 0 Å². The maximum atomic E-state index is 13.6. The van der Waals surface area contributed by atoms with Gasteiger partial charge in [-0.25, -0.2) is 0 Å². The summed E-state index contributed by atoms with van der Waals surface area (Å²) < 4.78 is 24.0. The van der Waals surface area contributed by atoms with Crippen LogP contribution in [0.2, 0.25) is 0 Å². The van der Waals surface area contributed by atoms with E-state index in [0.717, 1.165) is 0 Å². The zero-order valence-corrected chi connectivity index (χ0v) is 19.1. The lowest BCUT2D eigenvalue weighted by Gasteiger charge is -2.66. The molecule has 4 aliphatic rings. The summed E-state index contributed by atoms with van der Waals surface area (Å²) in [6.45, 7) is 9.73. The van der Waals surface area contributed by atoms with Gasteiger partial charge in [0.25, 0.3) is 0 Å². The summed E-state index contributed by atoms with van der Waals surface area (Å²) in [6, 6.07) is 0. The van der Waals surface area contributed by atoms with E-state index >= 15 is 0 Å². The van der Waals surface area contributed by atoms with Gasteiger partial charge in [0.2, 0.25) is 0 Å². The fourth-order valence-electron chi connectivity index (χ4n) is 7.26. The average Bonchev–Trinajstić information content (AvgIpc) is 3.26. The molecular formula is C23H36O7. The normalized spacial score (nSPS) is 50.1. The van der Waals surface area contributed by atoms with Crippen LogP contribution in [0.15, 0.2) is 0 Å². The molecule has 170 valence electrons. The molecule has 2 aliphatic carbocycles. The number of carbonyl (C=O) groups excluding carboxylic acids is 2. The first-order chi connectivity index (χ1) is 13.9. The third-order valence-corrected chi connectivity index (χ3v) is 9.08. The molecule has 2 saturated carbocycles. The molecule has 7 nitrogen and oxygen atoms in total. The van der Waals surface area contributed by atoms with Gasteiger partial charge in [-0.2, -0.15) is 0 Å². The van der Waals surface area contributed by atoms with Crippen LogP contribution in [0.5, 0.6) is 0 Å². The van der Waals surface area contributed by atoms with Gasteiger partial charge in [-0.1, -0.05) is 20.8 Å². The highest BCUT2D eigenvalue weighted by molar-refractivity contribution is 5.92. The van der Waals surface area contributed by atoms with E-state index in [-0.39, 0.29) is 24.4 Å². The molecule has 0 unspecified atom stereocenters. The molecule has 0 aromatic carbocycles. The van der Waals surface area contributed by atoms with Crippen molar-refractivity contribution in [3.8, 4) is 0 Å². The Morgan fingerprint density at radius 1 is 1.17 bits per heavy atom. The van der Waals surface area contributed by atoms with Gasteiger partial charge in [0.05, 0.1) is 18.3 Å². The number of rotatable bonds is 2. The molecule has 7 atom stereocenters. The monoisotopic (exact) mass is 424 g/mol. The Hall–Kier alpha value is -1.02. The molecule has 0 bridgehead atoms. The fourth-order valence-corrected chi connectivity index (χ4v) is 7.26. The smallest absolute Gasteiger partial charge is 0.303 e. The SMILES string of the molecule is CO[C@H]1C[C@]2(CC[C@@]3(O2)[C@@](C)(OC(C)=O)C(=O)C[C@H]2C(C)(C)[C@H](O)CC[C@@]23C)CO1. The minimum Gasteiger partial charge on any atom is -0.448 e. The maximum Gasteiger partial charge on any atom is 0.303 e. The third kappa shape index (κ3) is 2.71. The molecule has 4 rings (SSSR count). The van der Waals surface area contributed by atoms with Gasteiger partial charge in [0.15, 0.2) is 17.7 Å². The highest BCUT2D eigenvalue weighted by atomic mass is 16.7. The van der Waals surface area contributed by atoms with E-state index in [1.165, 1.54) is 6.92 Å². The van der Waals surface area contributed by atoms with Crippen molar-refractivity contribution in [2.24, 2.45) is 16.7 Å². The van der Waals surface area contributed by atoms with Gasteiger partial charge in [-0.15, -0.1) is 0 Å². The Balaban J connectivity index is 1.84. The molecule has 7 heteroatoms. The molecule has 2 saturated heterocycles. The van der Waals surface area contributed by atoms with Crippen LogP contribution >= 0.6 is 0 Å². The number of esters is 1. The average molecular weight is 425 g/mol. The Morgan fingerprint density at radius 3 is 2.47 bits per heavy atom. The molecule has 0 radical (unpaired) electrons. The van der Waals surface area contributed by atoms with Crippen LogP contribution in [0.4, 0.5) is 0 Å². The van der Waals surface area contributed by atoms with Gasteiger partial charge in [-0.05, 0) is 43.9 Å². The number of methoxy groups -OCH3 is 1. The van der Waals surface area contributed by atoms with Gasteiger partial charge in [0.1, 0.15) is 5.60 Å². The molecule has 1 N–H and O–H groups in total. The van der Waals surface area contributed by atoms with Crippen molar-refractivity contribution in [1.29, 1.82) is 0 Å².